The summed E-state index contributed by atoms with van der Waals surface area (Å²) in [6.45, 7) is 3.55. The predicted octanol–water partition coefficient (Wildman–Crippen LogP) is 11.2. The zero-order valence-corrected chi connectivity index (χ0v) is 34.9. The summed E-state index contributed by atoms with van der Waals surface area (Å²) >= 11 is 0. The van der Waals surface area contributed by atoms with E-state index in [1.165, 1.54) is 25.7 Å². The summed E-state index contributed by atoms with van der Waals surface area (Å²) in [5, 5.41) is 8.88. The van der Waals surface area contributed by atoms with Gasteiger partial charge in [0.2, 0.25) is 0 Å². The number of unbranched alkanes of at least 4 members (excludes halogenated alkanes) is 10. The van der Waals surface area contributed by atoms with Crippen molar-refractivity contribution in [2.45, 2.75) is 154 Å². The molecule has 0 aromatic rings. The van der Waals surface area contributed by atoms with Gasteiger partial charge in [-0.05, 0) is 83.5 Å². The Morgan fingerprint density at radius 3 is 1.58 bits per heavy atom. The van der Waals surface area contributed by atoms with Gasteiger partial charge >= 0.3 is 19.8 Å². The highest BCUT2D eigenvalue weighted by Crippen LogP contribution is 2.43. The van der Waals surface area contributed by atoms with Crippen molar-refractivity contribution in [3.8, 4) is 0 Å². The first-order valence-electron chi connectivity index (χ1n) is 20.6. The monoisotopic (exact) mass is 792 g/mol. The van der Waals surface area contributed by atoms with Gasteiger partial charge in [0, 0.05) is 13.0 Å². The van der Waals surface area contributed by atoms with Crippen LogP contribution in [0, 0.1) is 0 Å². The maximum atomic E-state index is 12.6. The third-order valence-electron chi connectivity index (χ3n) is 8.16. The zero-order valence-electron chi connectivity index (χ0n) is 34.0. The van der Waals surface area contributed by atoms with Gasteiger partial charge in [-0.3, -0.25) is 18.6 Å². The van der Waals surface area contributed by atoms with E-state index in [2.05, 4.69) is 98.9 Å². The molecular weight excluding hydrogens is 717 g/mol. The summed E-state index contributed by atoms with van der Waals surface area (Å²) in [4.78, 5) is 33.5. The Labute approximate surface area is 333 Å². The first-order valence-corrected chi connectivity index (χ1v) is 22.1. The molecule has 0 amide bonds. The second kappa shape index (κ2) is 39.4. The SMILES string of the molecule is CC/C=C\C/C=C\C/C=C\C/C=C\CCCOCC(COP(=O)(O)OCC(N)C(=O)O)OC(=O)CCCCCCCC/C=C\C/C=C\C/C=C\CCCCC. The van der Waals surface area contributed by atoms with Gasteiger partial charge in [0.25, 0.3) is 0 Å². The molecule has 0 rings (SSSR count). The molecule has 0 aliphatic heterocycles. The third-order valence-corrected chi connectivity index (χ3v) is 9.11. The van der Waals surface area contributed by atoms with Crippen molar-refractivity contribution >= 4 is 19.8 Å². The van der Waals surface area contributed by atoms with Crippen molar-refractivity contribution in [1.82, 2.24) is 0 Å². The van der Waals surface area contributed by atoms with Crippen LogP contribution in [0.5, 0.6) is 0 Å². The number of phosphoric ester groups is 1. The van der Waals surface area contributed by atoms with E-state index in [1.807, 2.05) is 0 Å². The number of allylic oxidation sites excluding steroid dienone is 14. The number of carboxylic acids is 1. The van der Waals surface area contributed by atoms with E-state index >= 15 is 0 Å². The number of hydrogen-bond acceptors (Lipinski definition) is 8. The van der Waals surface area contributed by atoms with Gasteiger partial charge in [-0.1, -0.05) is 137 Å². The van der Waals surface area contributed by atoms with E-state index in [9.17, 15) is 19.0 Å². The number of hydrogen-bond donors (Lipinski definition) is 3. The first-order chi connectivity index (χ1) is 26.7. The molecule has 3 unspecified atom stereocenters. The number of rotatable bonds is 38. The Balaban J connectivity index is 4.38. The molecule has 0 heterocycles. The summed E-state index contributed by atoms with van der Waals surface area (Å²) in [6, 6.07) is -1.49. The maximum absolute atomic E-state index is 12.6. The molecule has 0 aromatic carbocycles. The minimum absolute atomic E-state index is 0.0319. The Hall–Kier alpha value is -2.85. The van der Waals surface area contributed by atoms with Crippen LogP contribution in [0.3, 0.4) is 0 Å². The molecule has 55 heavy (non-hydrogen) atoms. The molecule has 0 bridgehead atoms. The molecule has 0 aromatic heterocycles. The average molecular weight is 792 g/mol. The van der Waals surface area contributed by atoms with Crippen molar-refractivity contribution in [1.29, 1.82) is 0 Å². The Kier molecular flexibility index (Phi) is 37.3. The number of carbonyl (C=O) groups excluding carboxylic acids is 1. The number of ether oxygens (including phenoxy) is 2. The predicted molar refractivity (Wildman–Crippen MR) is 226 cm³/mol. The molecule has 11 heteroatoms. The molecule has 4 N–H and O–H groups in total. The molecule has 0 fully saturated rings. The van der Waals surface area contributed by atoms with Gasteiger partial charge in [-0.2, -0.15) is 0 Å². The van der Waals surface area contributed by atoms with E-state index < -0.39 is 45.1 Å². The van der Waals surface area contributed by atoms with Crippen molar-refractivity contribution in [2.75, 3.05) is 26.4 Å². The molecule has 10 nitrogen and oxygen atoms in total. The highest BCUT2D eigenvalue weighted by atomic mass is 31.2. The zero-order chi connectivity index (χ0) is 40.5. The van der Waals surface area contributed by atoms with E-state index in [-0.39, 0.29) is 13.0 Å². The Morgan fingerprint density at radius 2 is 1.05 bits per heavy atom. The minimum Gasteiger partial charge on any atom is -0.480 e. The van der Waals surface area contributed by atoms with Crippen molar-refractivity contribution in [2.24, 2.45) is 5.73 Å². The van der Waals surface area contributed by atoms with Gasteiger partial charge in [0.05, 0.1) is 19.8 Å². The topological polar surface area (TPSA) is 155 Å². The summed E-state index contributed by atoms with van der Waals surface area (Å²) in [7, 11) is -4.64. The van der Waals surface area contributed by atoms with Crippen LogP contribution in [0.1, 0.15) is 142 Å². The van der Waals surface area contributed by atoms with Crippen LogP contribution in [-0.2, 0) is 32.7 Å². The molecule has 0 saturated heterocycles. The van der Waals surface area contributed by atoms with Crippen molar-refractivity contribution in [3.05, 3.63) is 85.1 Å². The van der Waals surface area contributed by atoms with Crippen molar-refractivity contribution in [3.63, 3.8) is 0 Å². The summed E-state index contributed by atoms with van der Waals surface area (Å²) < 4.78 is 33.2. The number of nitrogens with two attached hydrogens (primary N) is 1. The largest absolute Gasteiger partial charge is 0.480 e. The lowest BCUT2D eigenvalue weighted by atomic mass is 10.1. The second-order valence-corrected chi connectivity index (χ2v) is 14.8. The molecule has 314 valence electrons. The number of carboxylic acid groups (broad SMARTS) is 1. The van der Waals surface area contributed by atoms with Crippen LogP contribution in [0.15, 0.2) is 85.1 Å². The number of phosphoric acid groups is 1. The minimum atomic E-state index is -4.64. The molecule has 0 aliphatic rings. The Bertz CT molecular complexity index is 1190. The fourth-order valence-electron chi connectivity index (χ4n) is 4.97. The maximum Gasteiger partial charge on any atom is 0.472 e. The molecule has 0 radical (unpaired) electrons. The second-order valence-electron chi connectivity index (χ2n) is 13.4. The van der Waals surface area contributed by atoms with Gasteiger partial charge in [-0.15, -0.1) is 0 Å². The van der Waals surface area contributed by atoms with Gasteiger partial charge in [0.15, 0.2) is 0 Å². The molecule has 3 atom stereocenters. The average Bonchev–Trinajstić information content (AvgIpc) is 3.16. The molecule has 0 saturated carbocycles. The summed E-state index contributed by atoms with van der Waals surface area (Å²) in [5.41, 5.74) is 5.34. The van der Waals surface area contributed by atoms with E-state index in [0.29, 0.717) is 13.0 Å². The van der Waals surface area contributed by atoms with Gasteiger partial charge in [0.1, 0.15) is 12.1 Å². The normalized spacial score (nSPS) is 14.8. The lowest BCUT2D eigenvalue weighted by Crippen LogP contribution is -2.34. The first kappa shape index (κ1) is 52.2. The van der Waals surface area contributed by atoms with Crippen LogP contribution >= 0.6 is 7.82 Å². The summed E-state index contributed by atoms with van der Waals surface area (Å²) in [5.74, 6) is -1.82. The Morgan fingerprint density at radius 1 is 0.600 bits per heavy atom. The van der Waals surface area contributed by atoms with E-state index in [1.54, 1.807) is 0 Å². The lowest BCUT2D eigenvalue weighted by molar-refractivity contribution is -0.154. The van der Waals surface area contributed by atoms with E-state index in [4.69, 9.17) is 29.4 Å². The van der Waals surface area contributed by atoms with Crippen LogP contribution in [0.25, 0.3) is 0 Å². The van der Waals surface area contributed by atoms with Crippen LogP contribution < -0.4 is 5.73 Å². The standard InChI is InChI=1S/C44H74NO9P/c1-3-5-7-9-11-13-15-17-19-20-21-22-23-24-26-28-30-32-34-36-43(46)54-41(39-52-55(49,50)53-40-42(45)44(47)48)38-51-37-35-33-31-29-27-25-18-16-14-12-10-8-6-4-2/h6,8,11-14,17-19,21-22,25,29,31,41-42H,3-5,7,9-10,15-16,20,23-24,26-28,30,32-40,45H2,1-2H3,(H,47,48)(H,49,50)/b8-6-,13-11-,14-12-,19-17-,22-21-,25-18-,31-29-. The number of esters is 1. The van der Waals surface area contributed by atoms with Crippen LogP contribution in [0.2, 0.25) is 0 Å². The number of aliphatic carboxylic acids is 1. The van der Waals surface area contributed by atoms with E-state index in [0.717, 1.165) is 89.9 Å². The number of carbonyl (C=O) groups is 2. The summed E-state index contributed by atoms with van der Waals surface area (Å²) in [6.07, 6.45) is 49.3. The highest BCUT2D eigenvalue weighted by molar-refractivity contribution is 7.47. The third kappa shape index (κ3) is 39.2. The molecular formula is C44H74NO9P. The lowest BCUT2D eigenvalue weighted by Gasteiger charge is -2.20. The van der Waals surface area contributed by atoms with Crippen molar-refractivity contribution < 1.29 is 42.7 Å². The van der Waals surface area contributed by atoms with Crippen LogP contribution in [-0.4, -0.2) is 60.5 Å². The molecule has 0 aliphatic carbocycles. The fourth-order valence-corrected chi connectivity index (χ4v) is 5.74. The van der Waals surface area contributed by atoms with Gasteiger partial charge < -0.3 is 25.2 Å². The van der Waals surface area contributed by atoms with Crippen LogP contribution in [0.4, 0.5) is 0 Å². The fraction of sp³-hybridized carbons (Fsp3) is 0.636. The molecule has 0 spiro atoms. The highest BCUT2D eigenvalue weighted by Gasteiger charge is 2.27. The smallest absolute Gasteiger partial charge is 0.472 e. The quantitative estimate of drug-likeness (QED) is 0.0238. The van der Waals surface area contributed by atoms with Gasteiger partial charge in [-0.25, -0.2) is 4.57 Å².